The molecule has 0 aliphatic carbocycles. The highest BCUT2D eigenvalue weighted by molar-refractivity contribution is 9.11. The van der Waals surface area contributed by atoms with Crippen molar-refractivity contribution in [1.29, 1.82) is 0 Å². The number of carbonyl (C=O) groups is 1. The molecule has 0 saturated carbocycles. The Morgan fingerprint density at radius 2 is 1.88 bits per heavy atom. The first-order valence-electron chi connectivity index (χ1n) is 4.40. The van der Waals surface area contributed by atoms with Crippen molar-refractivity contribution in [3.8, 4) is 0 Å². The molecule has 2 heterocycles. The van der Waals surface area contributed by atoms with Gasteiger partial charge in [0.1, 0.15) is 0 Å². The molecule has 0 aliphatic heterocycles. The third kappa shape index (κ3) is 3.16. The second-order valence-electron chi connectivity index (χ2n) is 3.08. The van der Waals surface area contributed by atoms with Gasteiger partial charge in [0.15, 0.2) is 0 Å². The van der Waals surface area contributed by atoms with E-state index in [1.165, 1.54) is 11.3 Å². The monoisotopic (exact) mass is 379 g/mol. The van der Waals surface area contributed by atoms with Gasteiger partial charge in [0.25, 0.3) is 5.91 Å². The molecule has 84 valence electrons. The minimum absolute atomic E-state index is 0.0377. The van der Waals surface area contributed by atoms with Gasteiger partial charge in [-0.3, -0.25) is 4.79 Å². The molecule has 0 spiro atoms. The van der Waals surface area contributed by atoms with Crippen molar-refractivity contribution < 1.29 is 4.79 Å². The predicted molar refractivity (Wildman–Crippen MR) is 75.2 cm³/mol. The maximum Gasteiger partial charge on any atom is 0.252 e. The van der Waals surface area contributed by atoms with Gasteiger partial charge in [0.2, 0.25) is 0 Å². The van der Waals surface area contributed by atoms with Crippen molar-refractivity contribution in [1.82, 2.24) is 5.32 Å². The van der Waals surface area contributed by atoms with Crippen LogP contribution in [0.15, 0.2) is 30.5 Å². The molecule has 0 atom stereocenters. The third-order valence-electron chi connectivity index (χ3n) is 1.90. The zero-order chi connectivity index (χ0) is 11.5. The third-order valence-corrected chi connectivity index (χ3v) is 4.96. The maximum atomic E-state index is 11.7. The maximum absolute atomic E-state index is 11.7. The Hall–Kier alpha value is -0.170. The second-order valence-corrected chi connectivity index (χ2v) is 7.66. The lowest BCUT2D eigenvalue weighted by Gasteiger charge is -2.00. The van der Waals surface area contributed by atoms with Crippen molar-refractivity contribution >= 4 is 60.4 Å². The summed E-state index contributed by atoms with van der Waals surface area (Å²) >= 11 is 9.85. The van der Waals surface area contributed by atoms with E-state index in [1.807, 2.05) is 22.9 Å². The smallest absolute Gasteiger partial charge is 0.252 e. The van der Waals surface area contributed by atoms with Crippen LogP contribution in [0.25, 0.3) is 0 Å². The van der Waals surface area contributed by atoms with Gasteiger partial charge in [-0.2, -0.15) is 0 Å². The van der Waals surface area contributed by atoms with Gasteiger partial charge in [-0.1, -0.05) is 0 Å². The predicted octanol–water partition coefficient (Wildman–Crippen LogP) is 4.26. The van der Waals surface area contributed by atoms with E-state index in [0.717, 1.165) is 13.1 Å². The highest BCUT2D eigenvalue weighted by atomic mass is 79.9. The molecule has 2 rings (SSSR count). The van der Waals surface area contributed by atoms with Crippen molar-refractivity contribution in [2.75, 3.05) is 0 Å². The zero-order valence-corrected chi connectivity index (χ0v) is 12.8. The number of thiophene rings is 2. The molecule has 0 fully saturated rings. The Bertz CT molecular complexity index is 506. The highest BCUT2D eigenvalue weighted by Crippen LogP contribution is 2.22. The van der Waals surface area contributed by atoms with Crippen LogP contribution in [0, 0.1) is 0 Å². The quantitative estimate of drug-likeness (QED) is 0.846. The van der Waals surface area contributed by atoms with E-state index >= 15 is 0 Å². The molecule has 16 heavy (non-hydrogen) atoms. The van der Waals surface area contributed by atoms with Crippen molar-refractivity contribution in [2.45, 2.75) is 6.54 Å². The first kappa shape index (κ1) is 12.3. The molecule has 2 nitrogen and oxygen atoms in total. The van der Waals surface area contributed by atoms with Crippen LogP contribution < -0.4 is 5.32 Å². The van der Waals surface area contributed by atoms with E-state index in [2.05, 4.69) is 37.2 Å². The molecule has 6 heteroatoms. The van der Waals surface area contributed by atoms with Crippen molar-refractivity contribution in [3.05, 3.63) is 41.6 Å². The minimum Gasteiger partial charge on any atom is -0.348 e. The molecule has 0 bridgehead atoms. The molecular formula is C10H7Br2NOS2. The average molecular weight is 381 g/mol. The van der Waals surface area contributed by atoms with Gasteiger partial charge in [-0.15, -0.1) is 22.7 Å². The van der Waals surface area contributed by atoms with Gasteiger partial charge < -0.3 is 5.32 Å². The second kappa shape index (κ2) is 5.44. The van der Waals surface area contributed by atoms with Crippen LogP contribution in [0.4, 0.5) is 0 Å². The fraction of sp³-hybridized carbons (Fsp3) is 0.100. The Labute approximate surface area is 118 Å². The molecular weight excluding hydrogens is 374 g/mol. The zero-order valence-electron chi connectivity index (χ0n) is 8.00. The fourth-order valence-corrected chi connectivity index (χ4v) is 3.50. The lowest BCUT2D eigenvalue weighted by molar-refractivity contribution is 0.0951. The summed E-state index contributed by atoms with van der Waals surface area (Å²) in [6.45, 7) is 0.564. The molecule has 1 N–H and O–H groups in total. The van der Waals surface area contributed by atoms with Crippen molar-refractivity contribution in [3.63, 3.8) is 0 Å². The summed E-state index contributed by atoms with van der Waals surface area (Å²) < 4.78 is 2.05. The van der Waals surface area contributed by atoms with Crippen LogP contribution in [0.5, 0.6) is 0 Å². The van der Waals surface area contributed by atoms with E-state index in [-0.39, 0.29) is 5.91 Å². The number of amides is 1. The fourth-order valence-electron chi connectivity index (χ4n) is 1.15. The summed E-state index contributed by atoms with van der Waals surface area (Å²) in [5.74, 6) is -0.0377. The standard InChI is InChI=1S/C10H7Br2NOS2/c11-8-1-6(4-15-8)3-13-10(14)7-2-9(12)16-5-7/h1-2,4-5H,3H2,(H,13,14). The molecule has 1 amide bonds. The van der Waals surface area contributed by atoms with E-state index in [9.17, 15) is 4.79 Å². The Balaban J connectivity index is 1.93. The number of hydrogen-bond acceptors (Lipinski definition) is 3. The van der Waals surface area contributed by atoms with E-state index < -0.39 is 0 Å². The number of hydrogen-bond donors (Lipinski definition) is 1. The van der Waals surface area contributed by atoms with Crippen LogP contribution in [0.3, 0.4) is 0 Å². The van der Waals surface area contributed by atoms with Gasteiger partial charge in [-0.05, 0) is 54.9 Å². The van der Waals surface area contributed by atoms with E-state index in [1.54, 1.807) is 11.3 Å². The number of rotatable bonds is 3. The lowest BCUT2D eigenvalue weighted by atomic mass is 10.3. The Morgan fingerprint density at radius 3 is 2.44 bits per heavy atom. The average Bonchev–Trinajstić information content (AvgIpc) is 2.84. The summed E-state index contributed by atoms with van der Waals surface area (Å²) in [5, 5.41) is 6.73. The summed E-state index contributed by atoms with van der Waals surface area (Å²) in [5.41, 5.74) is 1.81. The summed E-state index contributed by atoms with van der Waals surface area (Å²) in [4.78, 5) is 11.7. The largest absolute Gasteiger partial charge is 0.348 e. The van der Waals surface area contributed by atoms with E-state index in [4.69, 9.17) is 0 Å². The summed E-state index contributed by atoms with van der Waals surface area (Å²) in [7, 11) is 0. The molecule has 0 saturated heterocycles. The first-order chi connectivity index (χ1) is 7.65. The van der Waals surface area contributed by atoms with E-state index in [0.29, 0.717) is 12.1 Å². The van der Waals surface area contributed by atoms with Crippen LogP contribution >= 0.6 is 54.5 Å². The van der Waals surface area contributed by atoms with Gasteiger partial charge in [0, 0.05) is 11.9 Å². The summed E-state index contributed by atoms with van der Waals surface area (Å²) in [6, 6.07) is 3.83. The molecule has 0 aliphatic rings. The molecule has 2 aromatic rings. The molecule has 2 aromatic heterocycles. The Morgan fingerprint density at radius 1 is 1.19 bits per heavy atom. The highest BCUT2D eigenvalue weighted by Gasteiger charge is 2.07. The number of nitrogens with one attached hydrogen (secondary N) is 1. The van der Waals surface area contributed by atoms with Crippen LogP contribution in [0.2, 0.25) is 0 Å². The first-order valence-corrected chi connectivity index (χ1v) is 7.75. The number of halogens is 2. The summed E-state index contributed by atoms with van der Waals surface area (Å²) in [6.07, 6.45) is 0. The Kier molecular flexibility index (Phi) is 4.18. The topological polar surface area (TPSA) is 29.1 Å². The molecule has 0 unspecified atom stereocenters. The van der Waals surface area contributed by atoms with Gasteiger partial charge in [0.05, 0.1) is 13.1 Å². The molecule has 0 aromatic carbocycles. The molecule has 0 radical (unpaired) electrons. The SMILES string of the molecule is O=C(NCc1csc(Br)c1)c1csc(Br)c1. The number of carbonyl (C=O) groups excluding carboxylic acids is 1. The van der Waals surface area contributed by atoms with Crippen molar-refractivity contribution in [2.24, 2.45) is 0 Å². The normalized spacial score (nSPS) is 10.4. The lowest BCUT2D eigenvalue weighted by Crippen LogP contribution is -2.21. The van der Waals surface area contributed by atoms with Crippen LogP contribution in [-0.4, -0.2) is 5.91 Å². The van der Waals surface area contributed by atoms with Gasteiger partial charge >= 0.3 is 0 Å². The van der Waals surface area contributed by atoms with Crippen LogP contribution in [0.1, 0.15) is 15.9 Å². The van der Waals surface area contributed by atoms with Crippen LogP contribution in [-0.2, 0) is 6.54 Å². The van der Waals surface area contributed by atoms with Gasteiger partial charge in [-0.25, -0.2) is 0 Å². The minimum atomic E-state index is -0.0377.